The van der Waals surface area contributed by atoms with Crippen LogP contribution in [0.2, 0.25) is 0 Å². The first kappa shape index (κ1) is 22.1. The Bertz CT molecular complexity index is 673. The van der Waals surface area contributed by atoms with Crippen molar-refractivity contribution in [2.24, 2.45) is 10.9 Å². The van der Waals surface area contributed by atoms with E-state index in [0.717, 1.165) is 55.9 Å². The molecule has 1 aliphatic carbocycles. The standard InChI is InChI=1S/C22H36N4O2/c1-15(2)25-21(27)18-7-6-8-19(14-18)26-22(23-4)24-12-11-17-10-9-16(3)20(13-17)28-5/h9-10,13,15,18-19H,6-8,11-12,14H2,1-5H3,(H,25,27)(H2,23,24,26). The topological polar surface area (TPSA) is 74.8 Å². The smallest absolute Gasteiger partial charge is 0.223 e. The van der Waals surface area contributed by atoms with E-state index < -0.39 is 0 Å². The number of rotatable bonds is 7. The normalized spacial score (nSPS) is 20.0. The second-order valence-electron chi connectivity index (χ2n) is 7.92. The van der Waals surface area contributed by atoms with Crippen LogP contribution in [0.5, 0.6) is 5.75 Å². The summed E-state index contributed by atoms with van der Waals surface area (Å²) >= 11 is 0. The van der Waals surface area contributed by atoms with Gasteiger partial charge in [-0.1, -0.05) is 18.6 Å². The fourth-order valence-electron chi connectivity index (χ4n) is 3.69. The van der Waals surface area contributed by atoms with Crippen LogP contribution in [-0.2, 0) is 11.2 Å². The first-order chi connectivity index (χ1) is 13.4. The van der Waals surface area contributed by atoms with Crippen molar-refractivity contribution in [3.05, 3.63) is 29.3 Å². The Morgan fingerprint density at radius 1 is 1.32 bits per heavy atom. The predicted molar refractivity (Wildman–Crippen MR) is 115 cm³/mol. The number of aliphatic imine (C=N–C) groups is 1. The summed E-state index contributed by atoms with van der Waals surface area (Å²) in [5, 5.41) is 9.93. The molecule has 0 heterocycles. The molecule has 2 atom stereocenters. The minimum Gasteiger partial charge on any atom is -0.496 e. The van der Waals surface area contributed by atoms with Gasteiger partial charge in [0, 0.05) is 31.6 Å². The van der Waals surface area contributed by atoms with Gasteiger partial charge in [-0.2, -0.15) is 0 Å². The SMILES string of the molecule is CN=C(NCCc1ccc(C)c(OC)c1)NC1CCCC(C(=O)NC(C)C)C1. The third-order valence-corrected chi connectivity index (χ3v) is 5.22. The van der Waals surface area contributed by atoms with Crippen LogP contribution in [0.3, 0.4) is 0 Å². The van der Waals surface area contributed by atoms with Crippen molar-refractivity contribution in [3.63, 3.8) is 0 Å². The number of methoxy groups -OCH3 is 1. The van der Waals surface area contributed by atoms with Crippen molar-refractivity contribution in [1.29, 1.82) is 0 Å². The van der Waals surface area contributed by atoms with Crippen LogP contribution in [0, 0.1) is 12.8 Å². The molecule has 1 aromatic carbocycles. The molecule has 0 spiro atoms. The summed E-state index contributed by atoms with van der Waals surface area (Å²) in [4.78, 5) is 16.7. The number of nitrogens with one attached hydrogen (secondary N) is 3. The molecule has 6 nitrogen and oxygen atoms in total. The molecule has 28 heavy (non-hydrogen) atoms. The van der Waals surface area contributed by atoms with Gasteiger partial charge in [0.15, 0.2) is 5.96 Å². The van der Waals surface area contributed by atoms with Crippen LogP contribution >= 0.6 is 0 Å². The summed E-state index contributed by atoms with van der Waals surface area (Å²) in [6, 6.07) is 6.78. The second kappa shape index (κ2) is 10.9. The summed E-state index contributed by atoms with van der Waals surface area (Å²) in [6.07, 6.45) is 4.85. The zero-order chi connectivity index (χ0) is 20.5. The number of carbonyl (C=O) groups excluding carboxylic acids is 1. The van der Waals surface area contributed by atoms with Gasteiger partial charge in [0.1, 0.15) is 5.75 Å². The summed E-state index contributed by atoms with van der Waals surface area (Å²) < 4.78 is 5.40. The van der Waals surface area contributed by atoms with Gasteiger partial charge in [-0.3, -0.25) is 9.79 Å². The number of hydrogen-bond donors (Lipinski definition) is 3. The van der Waals surface area contributed by atoms with Crippen LogP contribution in [0.15, 0.2) is 23.2 Å². The summed E-state index contributed by atoms with van der Waals surface area (Å²) in [5.74, 6) is 1.99. The molecule has 0 radical (unpaired) electrons. The number of benzene rings is 1. The van der Waals surface area contributed by atoms with Crippen molar-refractivity contribution in [2.75, 3.05) is 20.7 Å². The first-order valence-electron chi connectivity index (χ1n) is 10.3. The number of carbonyl (C=O) groups is 1. The molecule has 6 heteroatoms. The molecular weight excluding hydrogens is 352 g/mol. The van der Waals surface area contributed by atoms with Crippen LogP contribution < -0.4 is 20.7 Å². The third kappa shape index (κ3) is 6.73. The number of nitrogens with zero attached hydrogens (tertiary/aromatic N) is 1. The highest BCUT2D eigenvalue weighted by Crippen LogP contribution is 2.24. The van der Waals surface area contributed by atoms with E-state index >= 15 is 0 Å². The molecule has 0 bridgehead atoms. The molecule has 1 saturated carbocycles. The van der Waals surface area contributed by atoms with Crippen LogP contribution in [-0.4, -0.2) is 44.7 Å². The van der Waals surface area contributed by atoms with Crippen LogP contribution in [0.1, 0.15) is 50.7 Å². The maximum atomic E-state index is 12.3. The minimum atomic E-state index is 0.0896. The van der Waals surface area contributed by atoms with E-state index in [4.69, 9.17) is 4.74 Å². The van der Waals surface area contributed by atoms with Crippen molar-refractivity contribution in [1.82, 2.24) is 16.0 Å². The Hall–Kier alpha value is -2.24. The molecule has 3 N–H and O–H groups in total. The highest BCUT2D eigenvalue weighted by molar-refractivity contribution is 5.81. The fraction of sp³-hybridized carbons (Fsp3) is 0.636. The van der Waals surface area contributed by atoms with Gasteiger partial charge < -0.3 is 20.7 Å². The van der Waals surface area contributed by atoms with Gasteiger partial charge in [-0.15, -0.1) is 0 Å². The maximum Gasteiger partial charge on any atom is 0.223 e. The lowest BCUT2D eigenvalue weighted by molar-refractivity contribution is -0.126. The van der Waals surface area contributed by atoms with Crippen molar-refractivity contribution >= 4 is 11.9 Å². The molecule has 2 unspecified atom stereocenters. The molecule has 0 aromatic heterocycles. The fourth-order valence-corrected chi connectivity index (χ4v) is 3.69. The third-order valence-electron chi connectivity index (χ3n) is 5.22. The van der Waals surface area contributed by atoms with Crippen molar-refractivity contribution < 1.29 is 9.53 Å². The Morgan fingerprint density at radius 2 is 2.11 bits per heavy atom. The quantitative estimate of drug-likeness (QED) is 0.496. The Balaban J connectivity index is 1.81. The van der Waals surface area contributed by atoms with E-state index in [0.29, 0.717) is 0 Å². The van der Waals surface area contributed by atoms with Crippen molar-refractivity contribution in [3.8, 4) is 5.75 Å². The average Bonchev–Trinajstić information content (AvgIpc) is 2.68. The molecule has 1 fully saturated rings. The highest BCUT2D eigenvalue weighted by Gasteiger charge is 2.27. The summed E-state index contributed by atoms with van der Waals surface area (Å²) in [7, 11) is 3.49. The zero-order valence-corrected chi connectivity index (χ0v) is 18.0. The predicted octanol–water partition coefficient (Wildman–Crippen LogP) is 2.79. The lowest BCUT2D eigenvalue weighted by Gasteiger charge is -2.30. The summed E-state index contributed by atoms with van der Waals surface area (Å²) in [6.45, 7) is 6.85. The number of amides is 1. The summed E-state index contributed by atoms with van der Waals surface area (Å²) in [5.41, 5.74) is 2.37. The van der Waals surface area contributed by atoms with Gasteiger partial charge in [0.05, 0.1) is 7.11 Å². The molecule has 1 aromatic rings. The number of hydrogen-bond acceptors (Lipinski definition) is 3. The Labute approximate surface area is 169 Å². The van der Waals surface area contributed by atoms with E-state index in [9.17, 15) is 4.79 Å². The van der Waals surface area contributed by atoms with Gasteiger partial charge in [-0.05, 0) is 63.6 Å². The molecule has 1 aliphatic rings. The number of aryl methyl sites for hydroxylation is 1. The maximum absolute atomic E-state index is 12.3. The van der Waals surface area contributed by atoms with E-state index in [2.05, 4.69) is 39.1 Å². The average molecular weight is 389 g/mol. The van der Waals surface area contributed by atoms with E-state index in [1.165, 1.54) is 5.56 Å². The van der Waals surface area contributed by atoms with Crippen LogP contribution in [0.4, 0.5) is 0 Å². The van der Waals surface area contributed by atoms with Crippen molar-refractivity contribution in [2.45, 2.75) is 65.0 Å². The first-order valence-corrected chi connectivity index (χ1v) is 10.3. The van der Waals surface area contributed by atoms with Gasteiger partial charge in [0.25, 0.3) is 0 Å². The minimum absolute atomic E-state index is 0.0896. The van der Waals surface area contributed by atoms with Gasteiger partial charge >= 0.3 is 0 Å². The zero-order valence-electron chi connectivity index (χ0n) is 18.0. The molecule has 1 amide bonds. The molecule has 156 valence electrons. The van der Waals surface area contributed by atoms with E-state index in [-0.39, 0.29) is 23.9 Å². The number of ether oxygens (including phenoxy) is 1. The molecule has 0 saturated heterocycles. The second-order valence-corrected chi connectivity index (χ2v) is 7.92. The Kier molecular flexibility index (Phi) is 8.61. The van der Waals surface area contributed by atoms with Crippen LogP contribution in [0.25, 0.3) is 0 Å². The molecule has 0 aliphatic heterocycles. The molecular formula is C22H36N4O2. The highest BCUT2D eigenvalue weighted by atomic mass is 16.5. The molecule has 2 rings (SSSR count). The number of guanidine groups is 1. The van der Waals surface area contributed by atoms with E-state index in [1.54, 1.807) is 14.2 Å². The van der Waals surface area contributed by atoms with E-state index in [1.807, 2.05) is 20.8 Å². The Morgan fingerprint density at radius 3 is 2.79 bits per heavy atom. The van der Waals surface area contributed by atoms with Gasteiger partial charge in [-0.25, -0.2) is 0 Å². The largest absolute Gasteiger partial charge is 0.496 e. The van der Waals surface area contributed by atoms with Gasteiger partial charge in [0.2, 0.25) is 5.91 Å². The lowest BCUT2D eigenvalue weighted by Crippen LogP contribution is -2.47. The monoisotopic (exact) mass is 388 g/mol. The lowest BCUT2D eigenvalue weighted by atomic mass is 9.85.